The van der Waals surface area contributed by atoms with E-state index in [2.05, 4.69) is 14.2 Å². The molecule has 0 aromatic carbocycles. The molecule has 0 spiro atoms. The van der Waals surface area contributed by atoms with Crippen LogP contribution in [0.25, 0.3) is 0 Å². The molecule has 4 N–H and O–H groups in total. The average Bonchev–Trinajstić information content (AvgIpc) is 2.72. The van der Waals surface area contributed by atoms with Crippen LogP contribution in [0.5, 0.6) is 0 Å². The van der Waals surface area contributed by atoms with Crippen molar-refractivity contribution >= 4 is 87.1 Å². The van der Waals surface area contributed by atoms with Crippen molar-refractivity contribution < 1.29 is 14.1 Å². The van der Waals surface area contributed by atoms with E-state index in [1.165, 1.54) is 0 Å². The van der Waals surface area contributed by atoms with Crippen molar-refractivity contribution in [3.8, 4) is 5.40 Å². The summed E-state index contributed by atoms with van der Waals surface area (Å²) in [4.78, 5) is 16.3. The van der Waals surface area contributed by atoms with Crippen LogP contribution in [-0.2, 0) is 10.6 Å². The Balaban J connectivity index is -0.000000225. The number of carboxylic acid groups (broad SMARTS) is 1. The number of nitrogens with two attached hydrogens (primary N) is 1. The van der Waals surface area contributed by atoms with E-state index in [4.69, 9.17) is 16.1 Å². The maximum atomic E-state index is 9.51. The van der Waals surface area contributed by atoms with Crippen molar-refractivity contribution in [2.75, 3.05) is 6.54 Å². The zero-order valence-electron chi connectivity index (χ0n) is 8.12. The molecule has 0 atom stereocenters. The van der Waals surface area contributed by atoms with Crippen molar-refractivity contribution in [2.45, 2.75) is 6.42 Å². The molecule has 1 heterocycles. The summed E-state index contributed by atoms with van der Waals surface area (Å²) in [5.74, 6) is 0. The first-order chi connectivity index (χ1) is 7.70. The van der Waals surface area contributed by atoms with Crippen LogP contribution in [0.1, 0.15) is 5.69 Å². The van der Waals surface area contributed by atoms with E-state index in [-0.39, 0.29) is 59.1 Å². The van der Waals surface area contributed by atoms with E-state index in [9.17, 15) is 4.79 Å². The molecule has 92 valence electrons. The van der Waals surface area contributed by atoms with Crippen LogP contribution in [-0.4, -0.2) is 86.9 Å². The molecule has 7 nitrogen and oxygen atoms in total. The van der Waals surface area contributed by atoms with E-state index in [0.717, 1.165) is 12.1 Å². The van der Waals surface area contributed by atoms with Crippen molar-refractivity contribution in [3.05, 3.63) is 18.2 Å². The number of rotatable bonds is 4. The van der Waals surface area contributed by atoms with Crippen LogP contribution in [0.2, 0.25) is 0 Å². The quantitative estimate of drug-likeness (QED) is 0.235. The van der Waals surface area contributed by atoms with Crippen LogP contribution in [0.4, 0.5) is 4.79 Å². The second kappa shape index (κ2) is 17.6. The molecule has 18 heavy (non-hydrogen) atoms. The second-order valence-electron chi connectivity index (χ2n) is 2.19. The molecule has 0 aliphatic carbocycles. The van der Waals surface area contributed by atoms with Gasteiger partial charge in [-0.05, 0) is 6.54 Å². The van der Waals surface area contributed by atoms with E-state index in [1.54, 1.807) is 11.7 Å². The zero-order valence-corrected chi connectivity index (χ0v) is 9.75. The summed E-state index contributed by atoms with van der Waals surface area (Å²) >= 11 is 0.517. The summed E-state index contributed by atoms with van der Waals surface area (Å²) in [6.07, 6.45) is 2.99. The van der Waals surface area contributed by atoms with Gasteiger partial charge in [0.15, 0.2) is 0 Å². The number of carbonyl (C=O) groups is 1. The van der Waals surface area contributed by atoms with E-state index in [1.807, 2.05) is 6.20 Å². The molecule has 11 heteroatoms. The number of aromatic amines is 1. The predicted octanol–water partition coefficient (Wildman–Crippen LogP) is 0.0724. The summed E-state index contributed by atoms with van der Waals surface area (Å²) in [5, 5.41) is 17.2. The van der Waals surface area contributed by atoms with Crippen molar-refractivity contribution in [2.24, 2.45) is 5.73 Å². The Labute approximate surface area is 157 Å². The topological polar surface area (TPSA) is 125 Å². The van der Waals surface area contributed by atoms with Crippen molar-refractivity contribution in [3.63, 3.8) is 0 Å². The molecule has 0 amide bonds. The number of nitrogens with zero attached hydrogens (tertiary/aromatic N) is 2. The standard InChI is InChI=1S/C5H9N3.C2HNO3S2.2Na.2H/c6-2-1-5-3-7-4-8-5;3-1-7-8-6-2(4)5;;;;/h3-4H,1-2,6H2,(H,7,8);(H,4,5);;;;. The summed E-state index contributed by atoms with van der Waals surface area (Å²) in [6, 6.07) is 0. The monoisotopic (exact) mass is 310 g/mol. The van der Waals surface area contributed by atoms with Gasteiger partial charge >= 0.3 is 65.3 Å². The maximum absolute atomic E-state index is 9.51. The summed E-state index contributed by atoms with van der Waals surface area (Å²) in [5.41, 5.74) is 6.30. The Morgan fingerprint density at radius 2 is 2.33 bits per heavy atom. The van der Waals surface area contributed by atoms with Gasteiger partial charge in [-0.2, -0.15) is 5.26 Å². The third kappa shape index (κ3) is 16.6. The second-order valence-corrected chi connectivity index (χ2v) is 3.75. The van der Waals surface area contributed by atoms with Gasteiger partial charge in [-0.25, -0.2) is 9.78 Å². The van der Waals surface area contributed by atoms with Crippen LogP contribution < -0.4 is 5.73 Å². The molecule has 0 saturated carbocycles. The molecule has 0 fully saturated rings. The summed E-state index contributed by atoms with van der Waals surface area (Å²) in [6.45, 7) is 0.671. The molecule has 1 aromatic rings. The SMILES string of the molecule is N#CSSOC(=O)O.NCCc1c[nH]cn1.[NaH].[NaH]. The number of nitrogens with one attached hydrogen (secondary N) is 1. The minimum atomic E-state index is -1.39. The number of hydrogen-bond acceptors (Lipinski definition) is 7. The Kier molecular flexibility index (Phi) is 23.2. The third-order valence-electron chi connectivity index (χ3n) is 1.13. The number of hydrogen-bond donors (Lipinski definition) is 3. The van der Waals surface area contributed by atoms with Crippen molar-refractivity contribution in [1.29, 1.82) is 5.26 Å². The molecule has 0 bridgehead atoms. The molecule has 0 unspecified atom stereocenters. The zero-order chi connectivity index (χ0) is 12.2. The van der Waals surface area contributed by atoms with Crippen molar-refractivity contribution in [1.82, 2.24) is 9.97 Å². The van der Waals surface area contributed by atoms with Gasteiger partial charge in [0.05, 0.1) is 22.8 Å². The van der Waals surface area contributed by atoms with E-state index < -0.39 is 6.16 Å². The van der Waals surface area contributed by atoms with Gasteiger partial charge in [0.25, 0.3) is 0 Å². The van der Waals surface area contributed by atoms with E-state index in [0.29, 0.717) is 28.4 Å². The Bertz CT molecular complexity index is 334. The Hall–Kier alpha value is 0.630. The Morgan fingerprint density at radius 1 is 1.67 bits per heavy atom. The Morgan fingerprint density at radius 3 is 2.72 bits per heavy atom. The van der Waals surface area contributed by atoms with Gasteiger partial charge < -0.3 is 20.0 Å². The van der Waals surface area contributed by atoms with Crippen LogP contribution in [0.15, 0.2) is 12.5 Å². The average molecular weight is 310 g/mol. The fourth-order valence-corrected chi connectivity index (χ4v) is 1.13. The van der Waals surface area contributed by atoms with Crippen LogP contribution in [0.3, 0.4) is 0 Å². The number of H-pyrrole nitrogens is 1. The van der Waals surface area contributed by atoms with Gasteiger partial charge in [-0.3, -0.25) is 0 Å². The molecule has 1 rings (SSSR count). The third-order valence-corrected chi connectivity index (χ3v) is 2.12. The number of thiocyanates is 1. The molecular weight excluding hydrogens is 298 g/mol. The predicted molar refractivity (Wildman–Crippen MR) is 75.5 cm³/mol. The fourth-order valence-electron chi connectivity index (χ4n) is 0.637. The molecule has 0 saturated heterocycles. The molecule has 0 aliphatic heterocycles. The van der Waals surface area contributed by atoms with Crippen LogP contribution in [0, 0.1) is 10.7 Å². The number of aromatic nitrogens is 2. The van der Waals surface area contributed by atoms with Gasteiger partial charge in [-0.1, -0.05) is 0 Å². The molecule has 0 aliphatic rings. The van der Waals surface area contributed by atoms with Crippen LogP contribution >= 0.6 is 21.9 Å². The van der Waals surface area contributed by atoms with E-state index >= 15 is 0 Å². The normalized spacial score (nSPS) is 7.56. The molecule has 0 radical (unpaired) electrons. The number of nitriles is 1. The number of imidazole rings is 1. The summed E-state index contributed by atoms with van der Waals surface area (Å²) < 4.78 is 3.86. The van der Waals surface area contributed by atoms with Gasteiger partial charge in [0.1, 0.15) is 16.5 Å². The van der Waals surface area contributed by atoms with Gasteiger partial charge in [0, 0.05) is 12.6 Å². The van der Waals surface area contributed by atoms with Gasteiger partial charge in [-0.15, -0.1) is 0 Å². The molecular formula is C7H12N4Na2O3S2. The first kappa shape index (κ1) is 23.7. The fraction of sp³-hybridized carbons (Fsp3) is 0.286. The van der Waals surface area contributed by atoms with Gasteiger partial charge in [0.2, 0.25) is 0 Å². The first-order valence-corrected chi connectivity index (χ1v) is 6.08. The molecule has 1 aromatic heterocycles. The first-order valence-electron chi connectivity index (χ1n) is 4.00. The summed E-state index contributed by atoms with van der Waals surface area (Å²) in [7, 11) is 0.656. The minimum absolute atomic E-state index is 0.